The molecule has 8 heteroatoms. The summed E-state index contributed by atoms with van der Waals surface area (Å²) < 4.78 is 1.89. The highest BCUT2D eigenvalue weighted by molar-refractivity contribution is 6.07. The molecular weight excluding hydrogens is 534 g/mol. The second-order valence-corrected chi connectivity index (χ2v) is 11.5. The minimum absolute atomic E-state index is 0.152. The van der Waals surface area contributed by atoms with E-state index in [-0.39, 0.29) is 5.91 Å². The summed E-state index contributed by atoms with van der Waals surface area (Å²) in [6.07, 6.45) is 5.19. The Hall–Kier alpha value is -4.69. The van der Waals surface area contributed by atoms with Gasteiger partial charge in [-0.3, -0.25) is 9.48 Å². The van der Waals surface area contributed by atoms with Crippen molar-refractivity contribution < 1.29 is 4.79 Å². The number of carbonyl (C=O) groups excluding carboxylic acids is 1. The number of likely N-dealkylation sites (N-methyl/N-ethyl adjacent to an activating group) is 3. The second-order valence-electron chi connectivity index (χ2n) is 11.5. The van der Waals surface area contributed by atoms with Crippen molar-refractivity contribution in [1.82, 2.24) is 24.6 Å². The molecule has 0 saturated heterocycles. The highest BCUT2D eigenvalue weighted by Gasteiger charge is 2.22. The lowest BCUT2D eigenvalue weighted by Gasteiger charge is -2.22. The second kappa shape index (κ2) is 11.9. The number of benzene rings is 2. The van der Waals surface area contributed by atoms with E-state index in [2.05, 4.69) is 104 Å². The van der Waals surface area contributed by atoms with Crippen LogP contribution in [0.4, 0.5) is 11.4 Å². The molecule has 0 unspecified atom stereocenters. The van der Waals surface area contributed by atoms with Gasteiger partial charge in [0.1, 0.15) is 5.65 Å². The zero-order chi connectivity index (χ0) is 31.0. The number of fused-ring (bicyclic) bond motifs is 1. The molecule has 0 radical (unpaired) electrons. The van der Waals surface area contributed by atoms with Gasteiger partial charge in [0.05, 0.1) is 11.9 Å². The molecule has 0 bridgehead atoms. The van der Waals surface area contributed by atoms with Gasteiger partial charge in [-0.2, -0.15) is 5.10 Å². The van der Waals surface area contributed by atoms with Gasteiger partial charge in [0, 0.05) is 79.6 Å². The zero-order valence-corrected chi connectivity index (χ0v) is 26.5. The SMILES string of the molecule is C=CC(=O)N(C)c1cc(-c2c(-c3ccc(N(C)CCN(C)C)cc3)[nH]c3ncc(-c4cnn(C)c4C)c(C)c23)ccc1C. The average Bonchev–Trinajstić information content (AvgIpc) is 3.56. The lowest BCUT2D eigenvalue weighted by molar-refractivity contribution is -0.113. The van der Waals surface area contributed by atoms with Gasteiger partial charge in [0.2, 0.25) is 5.91 Å². The van der Waals surface area contributed by atoms with Crippen LogP contribution in [0, 0.1) is 20.8 Å². The van der Waals surface area contributed by atoms with E-state index in [4.69, 9.17) is 4.98 Å². The number of hydrogen-bond acceptors (Lipinski definition) is 5. The Morgan fingerprint density at radius 1 is 0.953 bits per heavy atom. The summed E-state index contributed by atoms with van der Waals surface area (Å²) in [5, 5.41) is 5.54. The van der Waals surface area contributed by atoms with Crippen molar-refractivity contribution in [2.75, 3.05) is 51.1 Å². The van der Waals surface area contributed by atoms with Gasteiger partial charge in [-0.25, -0.2) is 4.98 Å². The molecule has 0 aliphatic heterocycles. The standard InChI is InChI=1S/C35H41N7O/c1-10-31(43)41(8)30-19-26(12-11-22(30)2)33-32-23(3)28(29-21-37-42(9)24(29)4)20-36-35(32)38-34(33)25-13-15-27(16-14-25)40(7)18-17-39(5)6/h10-16,19-21H,1,17-18H2,2-9H3,(H,36,38). The fourth-order valence-corrected chi connectivity index (χ4v) is 5.59. The van der Waals surface area contributed by atoms with Gasteiger partial charge < -0.3 is 19.7 Å². The monoisotopic (exact) mass is 575 g/mol. The van der Waals surface area contributed by atoms with Crippen LogP contribution in [0.25, 0.3) is 44.5 Å². The smallest absolute Gasteiger partial charge is 0.250 e. The summed E-state index contributed by atoms with van der Waals surface area (Å²) in [6.45, 7) is 11.8. The minimum Gasteiger partial charge on any atom is -0.373 e. The van der Waals surface area contributed by atoms with Gasteiger partial charge in [0.15, 0.2) is 0 Å². The molecule has 1 amide bonds. The highest BCUT2D eigenvalue weighted by Crippen LogP contribution is 2.43. The Labute approximate surface area is 254 Å². The lowest BCUT2D eigenvalue weighted by atomic mass is 9.93. The van der Waals surface area contributed by atoms with Crippen LogP contribution in [0.1, 0.15) is 16.8 Å². The Morgan fingerprint density at radius 2 is 1.65 bits per heavy atom. The molecule has 8 nitrogen and oxygen atoms in total. The first kappa shape index (κ1) is 29.8. The summed E-state index contributed by atoms with van der Waals surface area (Å²) in [5.41, 5.74) is 12.2. The average molecular weight is 576 g/mol. The van der Waals surface area contributed by atoms with E-state index < -0.39 is 0 Å². The van der Waals surface area contributed by atoms with Crippen LogP contribution in [-0.4, -0.2) is 71.8 Å². The summed E-state index contributed by atoms with van der Waals surface area (Å²) in [5.74, 6) is -0.152. The van der Waals surface area contributed by atoms with E-state index in [1.54, 1.807) is 11.9 Å². The van der Waals surface area contributed by atoms with Gasteiger partial charge in [0.25, 0.3) is 0 Å². The predicted octanol–water partition coefficient (Wildman–Crippen LogP) is 6.37. The maximum atomic E-state index is 12.6. The molecule has 5 aromatic rings. The van der Waals surface area contributed by atoms with Crippen LogP contribution in [0.3, 0.4) is 0 Å². The van der Waals surface area contributed by atoms with Crippen LogP contribution in [0.2, 0.25) is 0 Å². The molecule has 1 N–H and O–H groups in total. The van der Waals surface area contributed by atoms with Crippen molar-refractivity contribution in [2.24, 2.45) is 7.05 Å². The molecule has 5 rings (SSSR count). The number of aromatic nitrogens is 4. The third-order valence-electron chi connectivity index (χ3n) is 8.45. The van der Waals surface area contributed by atoms with Crippen LogP contribution in [0.15, 0.2) is 67.5 Å². The molecule has 3 aromatic heterocycles. The van der Waals surface area contributed by atoms with Crippen LogP contribution < -0.4 is 9.80 Å². The van der Waals surface area contributed by atoms with E-state index in [1.165, 1.54) is 6.08 Å². The van der Waals surface area contributed by atoms with Crippen molar-refractivity contribution in [1.29, 1.82) is 0 Å². The Morgan fingerprint density at radius 3 is 2.28 bits per heavy atom. The third kappa shape index (κ3) is 5.58. The van der Waals surface area contributed by atoms with E-state index in [0.29, 0.717) is 0 Å². The maximum Gasteiger partial charge on any atom is 0.250 e. The largest absolute Gasteiger partial charge is 0.373 e. The number of aryl methyl sites for hydroxylation is 3. The van der Waals surface area contributed by atoms with Crippen molar-refractivity contribution in [2.45, 2.75) is 20.8 Å². The summed E-state index contributed by atoms with van der Waals surface area (Å²) in [6, 6.07) is 15.0. The number of aromatic amines is 1. The molecule has 43 heavy (non-hydrogen) atoms. The fourth-order valence-electron chi connectivity index (χ4n) is 5.59. The number of pyridine rings is 1. The number of rotatable bonds is 9. The number of carbonyl (C=O) groups is 1. The molecule has 222 valence electrons. The molecule has 0 saturated carbocycles. The highest BCUT2D eigenvalue weighted by atomic mass is 16.2. The number of anilines is 2. The molecule has 2 aromatic carbocycles. The Kier molecular flexibility index (Phi) is 8.24. The molecule has 3 heterocycles. The zero-order valence-electron chi connectivity index (χ0n) is 26.5. The normalized spacial score (nSPS) is 11.4. The van der Waals surface area contributed by atoms with Gasteiger partial charge >= 0.3 is 0 Å². The van der Waals surface area contributed by atoms with Crippen LogP contribution >= 0.6 is 0 Å². The summed E-state index contributed by atoms with van der Waals surface area (Å²) in [7, 11) is 10.0. The molecule has 0 atom stereocenters. The predicted molar refractivity (Wildman–Crippen MR) is 179 cm³/mol. The molecule has 0 aliphatic rings. The van der Waals surface area contributed by atoms with Gasteiger partial charge in [-0.1, -0.05) is 30.8 Å². The van der Waals surface area contributed by atoms with Crippen molar-refractivity contribution in [3.63, 3.8) is 0 Å². The number of hydrogen-bond donors (Lipinski definition) is 1. The number of amides is 1. The van der Waals surface area contributed by atoms with Crippen molar-refractivity contribution in [3.8, 4) is 33.5 Å². The van der Waals surface area contributed by atoms with Crippen LogP contribution in [0.5, 0.6) is 0 Å². The van der Waals surface area contributed by atoms with E-state index in [1.807, 2.05) is 31.0 Å². The number of nitrogens with zero attached hydrogens (tertiary/aromatic N) is 6. The van der Waals surface area contributed by atoms with E-state index >= 15 is 0 Å². The first-order valence-corrected chi connectivity index (χ1v) is 14.5. The van der Waals surface area contributed by atoms with E-state index in [0.717, 1.165) is 85.8 Å². The molecule has 0 spiro atoms. The maximum absolute atomic E-state index is 12.6. The van der Waals surface area contributed by atoms with E-state index in [9.17, 15) is 4.79 Å². The Bertz CT molecular complexity index is 1810. The quantitative estimate of drug-likeness (QED) is 0.207. The molecular formula is C35H41N7O. The fraction of sp³-hybridized carbons (Fsp3) is 0.286. The summed E-state index contributed by atoms with van der Waals surface area (Å²) >= 11 is 0. The molecule has 0 fully saturated rings. The third-order valence-corrected chi connectivity index (χ3v) is 8.45. The Balaban J connectivity index is 1.72. The lowest BCUT2D eigenvalue weighted by Crippen LogP contribution is -2.28. The minimum atomic E-state index is -0.152. The van der Waals surface area contributed by atoms with Crippen LogP contribution in [-0.2, 0) is 11.8 Å². The topological polar surface area (TPSA) is 73.3 Å². The first-order chi connectivity index (χ1) is 20.5. The van der Waals surface area contributed by atoms with Gasteiger partial charge in [-0.05, 0) is 81.4 Å². The summed E-state index contributed by atoms with van der Waals surface area (Å²) in [4.78, 5) is 27.3. The molecule has 0 aliphatic carbocycles. The number of nitrogens with one attached hydrogen (secondary N) is 1. The van der Waals surface area contributed by atoms with Gasteiger partial charge in [-0.15, -0.1) is 0 Å². The van der Waals surface area contributed by atoms with Crippen molar-refractivity contribution in [3.05, 3.63) is 84.3 Å². The van der Waals surface area contributed by atoms with Crippen molar-refractivity contribution >= 4 is 28.3 Å². The number of H-pyrrole nitrogens is 1. The first-order valence-electron chi connectivity index (χ1n) is 14.5.